The first-order valence-corrected chi connectivity index (χ1v) is 11.0. The Hall–Kier alpha value is -2.34. The number of benzene rings is 1. The van der Waals surface area contributed by atoms with Gasteiger partial charge in [-0.3, -0.25) is 0 Å². The van der Waals surface area contributed by atoms with E-state index in [4.69, 9.17) is 14.2 Å². The number of ether oxygens (including phenoxy) is 3. The van der Waals surface area contributed by atoms with E-state index in [1.807, 2.05) is 0 Å². The van der Waals surface area contributed by atoms with Gasteiger partial charge in [-0.25, -0.2) is 0 Å². The summed E-state index contributed by atoms with van der Waals surface area (Å²) in [6, 6.07) is 6.94. The van der Waals surface area contributed by atoms with Crippen molar-refractivity contribution in [1.29, 1.82) is 0 Å². The monoisotopic (exact) mass is 406 g/mol. The van der Waals surface area contributed by atoms with E-state index in [0.717, 1.165) is 43.9 Å². The van der Waals surface area contributed by atoms with E-state index in [-0.39, 0.29) is 6.10 Å². The van der Waals surface area contributed by atoms with Crippen LogP contribution in [0.15, 0.2) is 54.0 Å². The van der Waals surface area contributed by atoms with E-state index in [1.54, 1.807) is 0 Å². The Bertz CT molecular complexity index is 938. The van der Waals surface area contributed by atoms with Crippen molar-refractivity contribution in [1.82, 2.24) is 10.2 Å². The summed E-state index contributed by atoms with van der Waals surface area (Å²) >= 11 is 0. The predicted molar refractivity (Wildman–Crippen MR) is 119 cm³/mol. The van der Waals surface area contributed by atoms with Gasteiger partial charge in [-0.05, 0) is 54.2 Å². The second-order valence-electron chi connectivity index (χ2n) is 8.32. The number of fused-ring (bicyclic) bond motifs is 3. The van der Waals surface area contributed by atoms with Crippen LogP contribution >= 0.6 is 0 Å². The Labute approximate surface area is 178 Å². The highest BCUT2D eigenvalue weighted by molar-refractivity contribution is 5.79. The van der Waals surface area contributed by atoms with E-state index in [2.05, 4.69) is 54.1 Å². The van der Waals surface area contributed by atoms with Crippen molar-refractivity contribution in [2.45, 2.75) is 25.9 Å². The average molecular weight is 407 g/mol. The highest BCUT2D eigenvalue weighted by atomic mass is 16.6. The van der Waals surface area contributed by atoms with Crippen LogP contribution in [0, 0.1) is 0 Å². The summed E-state index contributed by atoms with van der Waals surface area (Å²) in [5.74, 6) is 0.866. The minimum atomic E-state index is -0.0127. The third-order valence-corrected chi connectivity index (χ3v) is 6.37. The molecule has 0 spiro atoms. The molecule has 4 aliphatic heterocycles. The smallest absolute Gasteiger partial charge is 0.194 e. The maximum absolute atomic E-state index is 6.22. The van der Waals surface area contributed by atoms with Crippen molar-refractivity contribution in [3.8, 4) is 0 Å². The zero-order valence-corrected chi connectivity index (χ0v) is 17.7. The summed E-state index contributed by atoms with van der Waals surface area (Å²) in [6.07, 6.45) is 6.46. The van der Waals surface area contributed by atoms with Gasteiger partial charge in [0.1, 0.15) is 12.7 Å². The molecule has 0 aliphatic carbocycles. The normalized spacial score (nSPS) is 24.1. The van der Waals surface area contributed by atoms with Crippen molar-refractivity contribution in [3.63, 3.8) is 0 Å². The minimum absolute atomic E-state index is 0.0127. The third-order valence-electron chi connectivity index (χ3n) is 6.37. The number of nitrogens with one attached hydrogen (secondary N) is 1. The molecule has 5 nitrogen and oxygen atoms in total. The maximum atomic E-state index is 6.22. The lowest BCUT2D eigenvalue weighted by Crippen LogP contribution is -2.36. The zero-order chi connectivity index (χ0) is 20.5. The molecule has 1 atom stereocenters. The lowest BCUT2D eigenvalue weighted by molar-refractivity contribution is -0.111. The first-order chi connectivity index (χ1) is 14.7. The van der Waals surface area contributed by atoms with Crippen LogP contribution in [0.25, 0.3) is 11.3 Å². The second-order valence-corrected chi connectivity index (χ2v) is 8.32. The van der Waals surface area contributed by atoms with Crippen molar-refractivity contribution >= 4 is 11.3 Å². The molecule has 0 saturated carbocycles. The molecule has 0 radical (unpaired) electrons. The first-order valence-electron chi connectivity index (χ1n) is 11.0. The van der Waals surface area contributed by atoms with Crippen molar-refractivity contribution < 1.29 is 14.2 Å². The van der Waals surface area contributed by atoms with E-state index in [1.165, 1.54) is 33.5 Å². The van der Waals surface area contributed by atoms with Gasteiger partial charge in [0.05, 0.1) is 25.5 Å². The lowest BCUT2D eigenvalue weighted by atomic mass is 9.87. The fourth-order valence-electron chi connectivity index (χ4n) is 4.65. The van der Waals surface area contributed by atoms with Gasteiger partial charge in [-0.1, -0.05) is 30.9 Å². The van der Waals surface area contributed by atoms with Gasteiger partial charge in [0.15, 0.2) is 5.88 Å². The van der Waals surface area contributed by atoms with Crippen LogP contribution in [0.3, 0.4) is 0 Å². The van der Waals surface area contributed by atoms with Crippen LogP contribution in [-0.4, -0.2) is 57.1 Å². The van der Waals surface area contributed by atoms with Crippen LogP contribution in [0.5, 0.6) is 0 Å². The topological polar surface area (TPSA) is 43.0 Å². The van der Waals surface area contributed by atoms with E-state index in [9.17, 15) is 0 Å². The molecule has 0 aromatic heterocycles. The van der Waals surface area contributed by atoms with Gasteiger partial charge >= 0.3 is 0 Å². The molecule has 0 amide bonds. The van der Waals surface area contributed by atoms with Crippen LogP contribution in [0.1, 0.15) is 30.0 Å². The quantitative estimate of drug-likeness (QED) is 0.829. The second kappa shape index (κ2) is 8.42. The molecule has 4 heterocycles. The number of rotatable bonds is 4. The maximum Gasteiger partial charge on any atom is 0.194 e. The average Bonchev–Trinajstić information content (AvgIpc) is 2.81. The molecular formula is C25H30N2O3. The Morgan fingerprint density at radius 2 is 2.20 bits per heavy atom. The van der Waals surface area contributed by atoms with E-state index < -0.39 is 0 Å². The van der Waals surface area contributed by atoms with Gasteiger partial charge < -0.3 is 24.4 Å². The van der Waals surface area contributed by atoms with Crippen molar-refractivity contribution in [2.24, 2.45) is 0 Å². The molecule has 1 N–H and O–H groups in total. The van der Waals surface area contributed by atoms with E-state index >= 15 is 0 Å². The predicted octanol–water partition coefficient (Wildman–Crippen LogP) is 3.50. The fourth-order valence-corrected chi connectivity index (χ4v) is 4.65. The number of hydrogen-bond donors (Lipinski definition) is 1. The van der Waals surface area contributed by atoms with Crippen LogP contribution in [0.4, 0.5) is 0 Å². The molecule has 4 aliphatic rings. The zero-order valence-electron chi connectivity index (χ0n) is 17.7. The largest absolute Gasteiger partial charge is 0.476 e. The van der Waals surface area contributed by atoms with Crippen LogP contribution in [0.2, 0.25) is 0 Å². The fraction of sp³-hybridized carbons (Fsp3) is 0.440. The van der Waals surface area contributed by atoms with Gasteiger partial charge in [0.25, 0.3) is 0 Å². The first kappa shape index (κ1) is 19.6. The molecule has 1 saturated heterocycles. The summed E-state index contributed by atoms with van der Waals surface area (Å²) in [5.41, 5.74) is 8.98. The highest BCUT2D eigenvalue weighted by Crippen LogP contribution is 2.40. The van der Waals surface area contributed by atoms with Gasteiger partial charge in [-0.15, -0.1) is 0 Å². The van der Waals surface area contributed by atoms with E-state index in [0.29, 0.717) is 26.4 Å². The molecule has 5 heteroatoms. The summed E-state index contributed by atoms with van der Waals surface area (Å²) < 4.78 is 17.5. The van der Waals surface area contributed by atoms with Crippen LogP contribution < -0.4 is 5.32 Å². The Balaban J connectivity index is 1.40. The van der Waals surface area contributed by atoms with Crippen molar-refractivity contribution in [2.75, 3.05) is 46.1 Å². The number of nitrogens with zero attached hydrogens (tertiary/aromatic N) is 1. The number of hydrogen-bond acceptors (Lipinski definition) is 5. The summed E-state index contributed by atoms with van der Waals surface area (Å²) in [7, 11) is 0. The molecule has 5 rings (SSSR count). The lowest BCUT2D eigenvalue weighted by Gasteiger charge is -2.39. The summed E-state index contributed by atoms with van der Waals surface area (Å²) in [4.78, 5) is 2.31. The standard InChI is InChI=1S/C25H30N2O3/c1-17-13-24(30-16-22-15-28-11-12-29-22)27-10-7-21-14-20(19-5-8-26-9-6-19)3-4-23(21)25(27)18(17)2/h3-5,13-14,22,26H,1,6-12,15-16H2,2H3. The summed E-state index contributed by atoms with van der Waals surface area (Å²) in [5, 5.41) is 3.40. The third kappa shape index (κ3) is 3.73. The Morgan fingerprint density at radius 3 is 3.00 bits per heavy atom. The molecule has 1 fully saturated rings. The molecule has 30 heavy (non-hydrogen) atoms. The molecular weight excluding hydrogens is 376 g/mol. The molecule has 1 aromatic rings. The van der Waals surface area contributed by atoms with Gasteiger partial charge in [0, 0.05) is 24.7 Å². The molecule has 0 bridgehead atoms. The molecule has 158 valence electrons. The minimum Gasteiger partial charge on any atom is -0.476 e. The Morgan fingerprint density at radius 1 is 1.27 bits per heavy atom. The number of allylic oxidation sites excluding steroid dienone is 3. The highest BCUT2D eigenvalue weighted by Gasteiger charge is 2.31. The summed E-state index contributed by atoms with van der Waals surface area (Å²) in [6.45, 7) is 11.8. The Kier molecular flexibility index (Phi) is 5.50. The molecule has 1 unspecified atom stereocenters. The van der Waals surface area contributed by atoms with Crippen molar-refractivity contribution in [3.05, 3.63) is 70.6 Å². The van der Waals surface area contributed by atoms with Gasteiger partial charge in [0.2, 0.25) is 0 Å². The van der Waals surface area contributed by atoms with Crippen LogP contribution in [-0.2, 0) is 20.6 Å². The SMILES string of the molecule is C=C1C=C(OCC2COCCO2)N2CCc3cc(C4=CCNCC4)ccc3C2=C1C. The van der Waals surface area contributed by atoms with Gasteiger partial charge in [-0.2, -0.15) is 0 Å². The molecule has 1 aromatic carbocycles.